The molecule has 8 nitrogen and oxygen atoms in total. The minimum absolute atomic E-state index is 0.211. The van der Waals surface area contributed by atoms with E-state index in [2.05, 4.69) is 10.6 Å². The summed E-state index contributed by atoms with van der Waals surface area (Å²) in [7, 11) is 6.84. The maximum atomic E-state index is 13.0. The number of ether oxygens (including phenoxy) is 3. The molecule has 2 aromatic carbocycles. The van der Waals surface area contributed by atoms with Crippen molar-refractivity contribution in [2.45, 2.75) is 32.4 Å². The van der Waals surface area contributed by atoms with E-state index in [0.717, 1.165) is 12.0 Å². The summed E-state index contributed by atoms with van der Waals surface area (Å²) in [5.74, 6) is 0.438. The fourth-order valence-electron chi connectivity index (χ4n) is 3.26. The van der Waals surface area contributed by atoms with Crippen molar-refractivity contribution in [3.63, 3.8) is 0 Å². The molecular weight excluding hydrogens is 458 g/mol. The zero-order valence-electron chi connectivity index (χ0n) is 20.4. The average molecular weight is 492 g/mol. The number of hydrogen-bond donors (Lipinski definition) is 2. The molecule has 34 heavy (non-hydrogen) atoms. The van der Waals surface area contributed by atoms with Crippen LogP contribution >= 0.6 is 11.6 Å². The molecule has 0 radical (unpaired) electrons. The van der Waals surface area contributed by atoms with Gasteiger partial charge in [0.25, 0.3) is 5.91 Å². The number of nitrogens with one attached hydrogen (secondary N) is 2. The Morgan fingerprint density at radius 1 is 1.09 bits per heavy atom. The van der Waals surface area contributed by atoms with E-state index in [4.69, 9.17) is 25.8 Å². The van der Waals surface area contributed by atoms with E-state index in [0.29, 0.717) is 47.3 Å². The molecule has 0 spiro atoms. The van der Waals surface area contributed by atoms with Crippen LogP contribution < -0.4 is 24.8 Å². The standard InChI is InChI=1S/C25H34ClN3O5/c1-6-8-20(25(31)27-11-12-29(2)3)28-24(30)18-14-21(32-4)23(22(15-18)33-5)34-16-17-9-7-10-19(26)13-17/h7,9-10,13-15,20H,6,8,11-12,16H2,1-5H3,(H,27,31)(H,28,30)/t20-/m0/s1. The Labute approximate surface area is 206 Å². The summed E-state index contributed by atoms with van der Waals surface area (Å²) >= 11 is 6.05. The van der Waals surface area contributed by atoms with Gasteiger partial charge in [0.05, 0.1) is 14.2 Å². The predicted octanol–water partition coefficient (Wildman–Crippen LogP) is 3.51. The number of likely N-dealkylation sites (N-methyl/N-ethyl adjacent to an activating group) is 1. The zero-order valence-corrected chi connectivity index (χ0v) is 21.2. The van der Waals surface area contributed by atoms with Gasteiger partial charge in [0, 0.05) is 23.7 Å². The van der Waals surface area contributed by atoms with Crippen LogP contribution in [0.4, 0.5) is 0 Å². The van der Waals surface area contributed by atoms with Crippen LogP contribution in [0.15, 0.2) is 36.4 Å². The summed E-state index contributed by atoms with van der Waals surface area (Å²) in [6, 6.07) is 9.82. The van der Waals surface area contributed by atoms with Crippen molar-refractivity contribution >= 4 is 23.4 Å². The molecule has 0 unspecified atom stereocenters. The van der Waals surface area contributed by atoms with Gasteiger partial charge >= 0.3 is 0 Å². The second-order valence-corrected chi connectivity index (χ2v) is 8.47. The van der Waals surface area contributed by atoms with Crippen LogP contribution in [-0.2, 0) is 11.4 Å². The summed E-state index contributed by atoms with van der Waals surface area (Å²) in [6.07, 6.45) is 1.27. The number of methoxy groups -OCH3 is 2. The number of rotatable bonds is 13. The minimum Gasteiger partial charge on any atom is -0.493 e. The van der Waals surface area contributed by atoms with Gasteiger partial charge < -0.3 is 29.7 Å². The van der Waals surface area contributed by atoms with Crippen LogP contribution in [0.2, 0.25) is 5.02 Å². The number of halogens is 1. The molecule has 186 valence electrons. The first-order valence-electron chi connectivity index (χ1n) is 11.2. The molecule has 0 aliphatic carbocycles. The van der Waals surface area contributed by atoms with Crippen LogP contribution in [0.25, 0.3) is 0 Å². The van der Waals surface area contributed by atoms with Gasteiger partial charge in [0.1, 0.15) is 12.6 Å². The van der Waals surface area contributed by atoms with Crippen LogP contribution in [0.3, 0.4) is 0 Å². The highest BCUT2D eigenvalue weighted by molar-refractivity contribution is 6.30. The topological polar surface area (TPSA) is 89.1 Å². The highest BCUT2D eigenvalue weighted by Gasteiger charge is 2.23. The highest BCUT2D eigenvalue weighted by atomic mass is 35.5. The summed E-state index contributed by atoms with van der Waals surface area (Å²) < 4.78 is 16.9. The Hall–Kier alpha value is -2.97. The van der Waals surface area contributed by atoms with Crippen molar-refractivity contribution in [2.24, 2.45) is 0 Å². The number of amides is 2. The molecule has 0 saturated heterocycles. The quantitative estimate of drug-likeness (QED) is 0.445. The van der Waals surface area contributed by atoms with E-state index in [1.54, 1.807) is 24.3 Å². The van der Waals surface area contributed by atoms with Gasteiger partial charge in [-0.3, -0.25) is 9.59 Å². The molecule has 0 saturated carbocycles. The van der Waals surface area contributed by atoms with E-state index in [1.165, 1.54) is 14.2 Å². The Balaban J connectivity index is 2.18. The molecule has 0 heterocycles. The van der Waals surface area contributed by atoms with Crippen molar-refractivity contribution in [3.8, 4) is 17.2 Å². The Kier molecular flexibility index (Phi) is 11.0. The number of benzene rings is 2. The summed E-state index contributed by atoms with van der Waals surface area (Å²) in [5, 5.41) is 6.31. The molecule has 0 aliphatic heterocycles. The first-order chi connectivity index (χ1) is 16.3. The van der Waals surface area contributed by atoms with Gasteiger partial charge in [0.15, 0.2) is 11.5 Å². The third kappa shape index (κ3) is 8.11. The Morgan fingerprint density at radius 2 is 1.76 bits per heavy atom. The maximum Gasteiger partial charge on any atom is 0.252 e. The molecule has 2 N–H and O–H groups in total. The lowest BCUT2D eigenvalue weighted by atomic mass is 10.1. The predicted molar refractivity (Wildman–Crippen MR) is 133 cm³/mol. The van der Waals surface area contributed by atoms with Crippen molar-refractivity contribution in [2.75, 3.05) is 41.4 Å². The van der Waals surface area contributed by atoms with Crippen molar-refractivity contribution < 1.29 is 23.8 Å². The molecule has 0 aliphatic rings. The monoisotopic (exact) mass is 491 g/mol. The molecule has 9 heteroatoms. The molecule has 2 aromatic rings. The highest BCUT2D eigenvalue weighted by Crippen LogP contribution is 2.39. The van der Waals surface area contributed by atoms with E-state index in [1.807, 2.05) is 38.1 Å². The van der Waals surface area contributed by atoms with Gasteiger partial charge in [-0.2, -0.15) is 0 Å². The van der Waals surface area contributed by atoms with Crippen LogP contribution in [0, 0.1) is 0 Å². The van der Waals surface area contributed by atoms with Crippen LogP contribution in [-0.4, -0.2) is 64.2 Å². The molecular formula is C25H34ClN3O5. The lowest BCUT2D eigenvalue weighted by Gasteiger charge is -2.20. The van der Waals surface area contributed by atoms with Gasteiger partial charge in [-0.15, -0.1) is 0 Å². The third-order valence-corrected chi connectivity index (χ3v) is 5.29. The van der Waals surface area contributed by atoms with Gasteiger partial charge in [-0.25, -0.2) is 0 Å². The fraction of sp³-hybridized carbons (Fsp3) is 0.440. The smallest absolute Gasteiger partial charge is 0.252 e. The summed E-state index contributed by atoms with van der Waals surface area (Å²) in [6.45, 7) is 3.42. The van der Waals surface area contributed by atoms with Crippen molar-refractivity contribution in [3.05, 3.63) is 52.5 Å². The summed E-state index contributed by atoms with van der Waals surface area (Å²) in [5.41, 5.74) is 1.17. The number of nitrogens with zero attached hydrogens (tertiary/aromatic N) is 1. The molecule has 0 bridgehead atoms. The van der Waals surface area contributed by atoms with E-state index in [-0.39, 0.29) is 12.5 Å². The Bertz CT molecular complexity index is 942. The SMILES string of the molecule is CCC[C@H](NC(=O)c1cc(OC)c(OCc2cccc(Cl)c2)c(OC)c1)C(=O)NCCN(C)C. The van der Waals surface area contributed by atoms with Crippen molar-refractivity contribution in [1.82, 2.24) is 15.5 Å². The number of carbonyl (C=O) groups is 2. The second-order valence-electron chi connectivity index (χ2n) is 8.04. The van der Waals surface area contributed by atoms with Crippen molar-refractivity contribution in [1.29, 1.82) is 0 Å². The van der Waals surface area contributed by atoms with Crippen LogP contribution in [0.5, 0.6) is 17.2 Å². The normalized spacial score (nSPS) is 11.6. The summed E-state index contributed by atoms with van der Waals surface area (Å²) in [4.78, 5) is 27.6. The third-order valence-electron chi connectivity index (χ3n) is 5.05. The van der Waals surface area contributed by atoms with E-state index >= 15 is 0 Å². The molecule has 0 fully saturated rings. The fourth-order valence-corrected chi connectivity index (χ4v) is 3.47. The van der Waals surface area contributed by atoms with E-state index < -0.39 is 11.9 Å². The largest absolute Gasteiger partial charge is 0.493 e. The zero-order chi connectivity index (χ0) is 25.1. The molecule has 1 atom stereocenters. The molecule has 2 rings (SSSR count). The molecule has 2 amide bonds. The van der Waals surface area contributed by atoms with Gasteiger partial charge in [0.2, 0.25) is 11.7 Å². The van der Waals surface area contributed by atoms with Crippen LogP contribution in [0.1, 0.15) is 35.7 Å². The van der Waals surface area contributed by atoms with Gasteiger partial charge in [-0.1, -0.05) is 37.1 Å². The minimum atomic E-state index is -0.643. The average Bonchev–Trinajstić information content (AvgIpc) is 2.81. The Morgan fingerprint density at radius 3 is 2.32 bits per heavy atom. The number of carbonyl (C=O) groups excluding carboxylic acids is 2. The maximum absolute atomic E-state index is 13.0. The first kappa shape index (κ1) is 27.3. The number of hydrogen-bond acceptors (Lipinski definition) is 6. The molecule has 0 aromatic heterocycles. The first-order valence-corrected chi connectivity index (χ1v) is 11.5. The van der Waals surface area contributed by atoms with Gasteiger partial charge in [-0.05, 0) is 50.3 Å². The lowest BCUT2D eigenvalue weighted by Crippen LogP contribution is -2.47. The van der Waals surface area contributed by atoms with E-state index in [9.17, 15) is 9.59 Å². The second kappa shape index (κ2) is 13.7. The lowest BCUT2D eigenvalue weighted by molar-refractivity contribution is -0.123.